The van der Waals surface area contributed by atoms with Gasteiger partial charge in [0.15, 0.2) is 0 Å². The highest BCUT2D eigenvalue weighted by Crippen LogP contribution is 2.39. The fraction of sp³-hybridized carbons (Fsp3) is 0.727. The average Bonchev–Trinajstić information content (AvgIpc) is 2.34. The molecule has 1 nitrogen and oxygen atoms in total. The largest absolute Gasteiger partial charge is 0.299 e. The number of carbonyl (C=O) groups excluding carboxylic acids is 1. The van der Waals surface area contributed by atoms with E-state index in [9.17, 15) is 4.79 Å². The lowest BCUT2D eigenvalue weighted by Gasteiger charge is -2.17. The molecule has 12 heavy (non-hydrogen) atoms. The van der Waals surface area contributed by atoms with Crippen molar-refractivity contribution in [1.29, 1.82) is 0 Å². The maximum absolute atomic E-state index is 10.4. The Hall–Kier alpha value is -0.590. The summed E-state index contributed by atoms with van der Waals surface area (Å²) < 4.78 is 0. The van der Waals surface area contributed by atoms with Crippen LogP contribution in [-0.4, -0.2) is 6.29 Å². The van der Waals surface area contributed by atoms with E-state index in [1.54, 1.807) is 6.08 Å². The van der Waals surface area contributed by atoms with Gasteiger partial charge in [0.1, 0.15) is 6.29 Å². The second-order valence-corrected chi connectivity index (χ2v) is 4.13. The number of hydrogen-bond acceptors (Lipinski definition) is 1. The summed E-state index contributed by atoms with van der Waals surface area (Å²) in [4.78, 5) is 10.4. The zero-order valence-electron chi connectivity index (χ0n) is 8.21. The van der Waals surface area contributed by atoms with Crippen LogP contribution in [0.2, 0.25) is 0 Å². The maximum atomic E-state index is 10.4. The minimum atomic E-state index is 0.627. The molecule has 1 aliphatic carbocycles. The molecule has 1 heteroatoms. The lowest BCUT2D eigenvalue weighted by molar-refractivity contribution is -0.104. The van der Waals surface area contributed by atoms with Gasteiger partial charge < -0.3 is 0 Å². The molecule has 1 aliphatic rings. The van der Waals surface area contributed by atoms with E-state index < -0.39 is 0 Å². The van der Waals surface area contributed by atoms with Crippen LogP contribution in [0.3, 0.4) is 0 Å². The van der Waals surface area contributed by atoms with Gasteiger partial charge in [0.25, 0.3) is 0 Å². The predicted octanol–water partition coefficient (Wildman–Crippen LogP) is 2.81. The molecule has 0 heterocycles. The topological polar surface area (TPSA) is 17.1 Å². The molecule has 0 unspecified atom stereocenters. The van der Waals surface area contributed by atoms with Crippen LogP contribution in [0.15, 0.2) is 11.6 Å². The van der Waals surface area contributed by atoms with Crippen LogP contribution in [0.25, 0.3) is 0 Å². The second kappa shape index (κ2) is 3.88. The third kappa shape index (κ3) is 1.77. The number of hydrogen-bond donors (Lipinski definition) is 0. The second-order valence-electron chi connectivity index (χ2n) is 4.13. The minimum Gasteiger partial charge on any atom is -0.299 e. The monoisotopic (exact) mass is 166 g/mol. The van der Waals surface area contributed by atoms with Crippen molar-refractivity contribution >= 4 is 6.29 Å². The summed E-state index contributed by atoms with van der Waals surface area (Å²) in [5, 5.41) is 0. The molecule has 0 aromatic heterocycles. The summed E-state index contributed by atoms with van der Waals surface area (Å²) in [6.07, 6.45) is 5.23. The van der Waals surface area contributed by atoms with Crippen molar-refractivity contribution in [2.45, 2.75) is 33.6 Å². The van der Waals surface area contributed by atoms with E-state index in [2.05, 4.69) is 20.8 Å². The molecule has 1 rings (SSSR count). The smallest absolute Gasteiger partial charge is 0.142 e. The predicted molar refractivity (Wildman–Crippen MR) is 50.9 cm³/mol. The first kappa shape index (κ1) is 9.50. The van der Waals surface area contributed by atoms with Crippen molar-refractivity contribution in [1.82, 2.24) is 0 Å². The van der Waals surface area contributed by atoms with Gasteiger partial charge in [-0.05, 0) is 36.7 Å². The van der Waals surface area contributed by atoms with Gasteiger partial charge in [-0.25, -0.2) is 0 Å². The lowest BCUT2D eigenvalue weighted by atomic mass is 9.88. The van der Waals surface area contributed by atoms with Crippen molar-refractivity contribution < 1.29 is 4.79 Å². The molecule has 1 saturated carbocycles. The molecule has 68 valence electrons. The van der Waals surface area contributed by atoms with Crippen molar-refractivity contribution in [2.75, 3.05) is 0 Å². The normalized spacial score (nSPS) is 33.2. The summed E-state index contributed by atoms with van der Waals surface area (Å²) in [7, 11) is 0. The quantitative estimate of drug-likeness (QED) is 0.455. The fourth-order valence-corrected chi connectivity index (χ4v) is 2.21. The van der Waals surface area contributed by atoms with Crippen LogP contribution >= 0.6 is 0 Å². The first-order valence-corrected chi connectivity index (χ1v) is 4.82. The van der Waals surface area contributed by atoms with Gasteiger partial charge in [0.05, 0.1) is 0 Å². The molecule has 2 atom stereocenters. The van der Waals surface area contributed by atoms with Gasteiger partial charge in [-0.2, -0.15) is 0 Å². The molecule has 0 aliphatic heterocycles. The Kier molecular flexibility index (Phi) is 3.07. The molecule has 0 saturated heterocycles. The summed E-state index contributed by atoms with van der Waals surface area (Å²) >= 11 is 0. The Balaban J connectivity index is 2.77. The van der Waals surface area contributed by atoms with E-state index in [0.29, 0.717) is 17.8 Å². The molecule has 0 radical (unpaired) electrons. The van der Waals surface area contributed by atoms with Crippen LogP contribution in [-0.2, 0) is 4.79 Å². The number of carbonyl (C=O) groups is 1. The highest BCUT2D eigenvalue weighted by Gasteiger charge is 2.28. The van der Waals surface area contributed by atoms with Gasteiger partial charge in [-0.15, -0.1) is 0 Å². The number of aldehydes is 1. The van der Waals surface area contributed by atoms with Crippen molar-refractivity contribution in [3.05, 3.63) is 11.6 Å². The molecule has 0 aromatic carbocycles. The lowest BCUT2D eigenvalue weighted by Crippen LogP contribution is -2.07. The van der Waals surface area contributed by atoms with Gasteiger partial charge in [0.2, 0.25) is 0 Å². The third-order valence-corrected chi connectivity index (χ3v) is 2.97. The first-order chi connectivity index (χ1) is 5.66. The van der Waals surface area contributed by atoms with Crippen LogP contribution in [0.1, 0.15) is 33.6 Å². The summed E-state index contributed by atoms with van der Waals surface area (Å²) in [5.74, 6) is 1.97. The van der Waals surface area contributed by atoms with Gasteiger partial charge in [-0.1, -0.05) is 26.3 Å². The van der Waals surface area contributed by atoms with Crippen LogP contribution in [0.5, 0.6) is 0 Å². The Bertz CT molecular complexity index is 191. The average molecular weight is 166 g/mol. The molecule has 0 N–H and O–H groups in total. The number of allylic oxidation sites excluding steroid dienone is 2. The molecule has 0 spiro atoms. The van der Waals surface area contributed by atoms with E-state index in [0.717, 1.165) is 6.29 Å². The Labute approximate surface area is 74.9 Å². The van der Waals surface area contributed by atoms with Crippen LogP contribution in [0, 0.1) is 17.8 Å². The highest BCUT2D eigenvalue weighted by atomic mass is 16.1. The van der Waals surface area contributed by atoms with Gasteiger partial charge in [-0.3, -0.25) is 4.79 Å². The first-order valence-electron chi connectivity index (χ1n) is 4.82. The van der Waals surface area contributed by atoms with E-state index in [-0.39, 0.29) is 0 Å². The zero-order chi connectivity index (χ0) is 9.14. The summed E-state index contributed by atoms with van der Waals surface area (Å²) in [5.41, 5.74) is 1.38. The highest BCUT2D eigenvalue weighted by molar-refractivity contribution is 5.66. The van der Waals surface area contributed by atoms with Gasteiger partial charge in [0, 0.05) is 0 Å². The van der Waals surface area contributed by atoms with Crippen molar-refractivity contribution in [2.24, 2.45) is 17.8 Å². The Morgan fingerprint density at radius 1 is 1.42 bits per heavy atom. The van der Waals surface area contributed by atoms with Crippen LogP contribution < -0.4 is 0 Å². The third-order valence-electron chi connectivity index (χ3n) is 2.97. The molecular weight excluding hydrogens is 148 g/mol. The van der Waals surface area contributed by atoms with Gasteiger partial charge >= 0.3 is 0 Å². The van der Waals surface area contributed by atoms with Crippen LogP contribution in [0.4, 0.5) is 0 Å². The Morgan fingerprint density at radius 3 is 2.58 bits per heavy atom. The van der Waals surface area contributed by atoms with E-state index in [4.69, 9.17) is 0 Å². The van der Waals surface area contributed by atoms with E-state index in [1.165, 1.54) is 18.4 Å². The summed E-state index contributed by atoms with van der Waals surface area (Å²) in [6, 6.07) is 0. The fourth-order valence-electron chi connectivity index (χ4n) is 2.21. The van der Waals surface area contributed by atoms with E-state index >= 15 is 0 Å². The molecular formula is C11H18O. The van der Waals surface area contributed by atoms with Crippen molar-refractivity contribution in [3.63, 3.8) is 0 Å². The minimum absolute atomic E-state index is 0.627. The molecule has 0 amide bonds. The van der Waals surface area contributed by atoms with E-state index in [1.807, 2.05) is 0 Å². The molecule has 0 aromatic rings. The number of rotatable bonds is 2. The standard InChI is InChI=1S/C11H18O/c1-8(2)10-5-4-9(3)11(10)6-7-12/h6-10H,4-5H2,1-3H3/b11-6+/t9-,10-/m0/s1. The molecule has 0 bridgehead atoms. The Morgan fingerprint density at radius 2 is 2.08 bits per heavy atom. The SMILES string of the molecule is CC(C)[C@@H]1CC[C@H](C)/C1=C\C=O. The summed E-state index contributed by atoms with van der Waals surface area (Å²) in [6.45, 7) is 6.69. The molecule has 1 fully saturated rings. The zero-order valence-corrected chi connectivity index (χ0v) is 8.21. The van der Waals surface area contributed by atoms with Crippen molar-refractivity contribution in [3.8, 4) is 0 Å². The maximum Gasteiger partial charge on any atom is 0.142 e.